The van der Waals surface area contributed by atoms with Gasteiger partial charge in [-0.05, 0) is 37.6 Å². The fraction of sp³-hybridized carbons (Fsp3) is 0.357. The maximum atomic E-state index is 12.3. The van der Waals surface area contributed by atoms with Crippen molar-refractivity contribution in [3.63, 3.8) is 0 Å². The van der Waals surface area contributed by atoms with E-state index in [-0.39, 0.29) is 18.0 Å². The highest BCUT2D eigenvalue weighted by atomic mass is 16.3. The maximum absolute atomic E-state index is 12.3. The van der Waals surface area contributed by atoms with Crippen LogP contribution in [-0.2, 0) is 4.79 Å². The van der Waals surface area contributed by atoms with Crippen molar-refractivity contribution in [3.8, 4) is 0 Å². The highest BCUT2D eigenvalue weighted by molar-refractivity contribution is 5.82. The van der Waals surface area contributed by atoms with Crippen molar-refractivity contribution in [3.05, 3.63) is 48.4 Å². The minimum atomic E-state index is -0.386. The van der Waals surface area contributed by atoms with E-state index in [2.05, 4.69) is 20.6 Å². The van der Waals surface area contributed by atoms with E-state index < -0.39 is 0 Å². The van der Waals surface area contributed by atoms with Gasteiger partial charge in [-0.1, -0.05) is 0 Å². The van der Waals surface area contributed by atoms with E-state index in [4.69, 9.17) is 4.42 Å². The number of amides is 1. The average Bonchev–Trinajstić information content (AvgIpc) is 3.18. The second-order valence-electron chi connectivity index (χ2n) is 4.74. The van der Waals surface area contributed by atoms with Crippen LogP contribution in [0, 0.1) is 0 Å². The van der Waals surface area contributed by atoms with Crippen LogP contribution in [0.15, 0.2) is 41.4 Å². The molecule has 3 heterocycles. The van der Waals surface area contributed by atoms with Gasteiger partial charge in [-0.2, -0.15) is 0 Å². The van der Waals surface area contributed by atoms with Crippen LogP contribution in [-0.4, -0.2) is 28.5 Å². The quantitative estimate of drug-likeness (QED) is 0.869. The Bertz CT molecular complexity index is 550. The molecule has 0 saturated carbocycles. The first-order valence-corrected chi connectivity index (χ1v) is 6.67. The van der Waals surface area contributed by atoms with Gasteiger partial charge in [0.1, 0.15) is 18.1 Å². The van der Waals surface area contributed by atoms with Crippen LogP contribution in [0.3, 0.4) is 0 Å². The predicted molar refractivity (Wildman–Crippen MR) is 71.8 cm³/mol. The summed E-state index contributed by atoms with van der Waals surface area (Å²) in [5, 5.41) is 6.18. The molecule has 1 saturated heterocycles. The lowest BCUT2D eigenvalue weighted by molar-refractivity contribution is -0.123. The summed E-state index contributed by atoms with van der Waals surface area (Å²) in [4.78, 5) is 20.4. The highest BCUT2D eigenvalue weighted by Gasteiger charge is 2.27. The van der Waals surface area contributed by atoms with Crippen LogP contribution in [0.25, 0.3) is 0 Å². The number of rotatable bonds is 4. The van der Waals surface area contributed by atoms with Crippen molar-refractivity contribution in [2.24, 2.45) is 0 Å². The number of nitrogens with one attached hydrogen (secondary N) is 2. The first-order chi connectivity index (χ1) is 9.84. The van der Waals surface area contributed by atoms with E-state index >= 15 is 0 Å². The molecule has 1 fully saturated rings. The Balaban J connectivity index is 1.81. The van der Waals surface area contributed by atoms with Gasteiger partial charge < -0.3 is 15.1 Å². The van der Waals surface area contributed by atoms with Gasteiger partial charge in [0.15, 0.2) is 0 Å². The lowest BCUT2D eigenvalue weighted by atomic mass is 10.1. The zero-order valence-electron chi connectivity index (χ0n) is 11.0. The summed E-state index contributed by atoms with van der Waals surface area (Å²) in [6.07, 6.45) is 6.59. The third-order valence-electron chi connectivity index (χ3n) is 3.39. The van der Waals surface area contributed by atoms with Crippen LogP contribution >= 0.6 is 0 Å². The Kier molecular flexibility index (Phi) is 3.73. The SMILES string of the molecule is O=C(NC(c1ccncn1)c1ccco1)C1CCCN1. The molecular formula is C14H16N4O2. The van der Waals surface area contributed by atoms with E-state index in [9.17, 15) is 4.79 Å². The monoisotopic (exact) mass is 272 g/mol. The average molecular weight is 272 g/mol. The van der Waals surface area contributed by atoms with E-state index in [1.165, 1.54) is 6.33 Å². The number of hydrogen-bond donors (Lipinski definition) is 2. The number of carbonyl (C=O) groups is 1. The molecule has 0 aliphatic carbocycles. The molecule has 0 radical (unpaired) electrons. The van der Waals surface area contributed by atoms with Gasteiger partial charge in [0.05, 0.1) is 18.0 Å². The lowest BCUT2D eigenvalue weighted by Crippen LogP contribution is -2.42. The molecule has 104 valence electrons. The van der Waals surface area contributed by atoms with Crippen LogP contribution in [0.4, 0.5) is 0 Å². The predicted octanol–water partition coefficient (Wildman–Crippen LogP) is 1.03. The minimum Gasteiger partial charge on any atom is -0.467 e. The Labute approximate surface area is 116 Å². The summed E-state index contributed by atoms with van der Waals surface area (Å²) in [5.74, 6) is 0.637. The molecule has 6 nitrogen and oxygen atoms in total. The number of furan rings is 1. The van der Waals surface area contributed by atoms with Gasteiger partial charge >= 0.3 is 0 Å². The standard InChI is InChI=1S/C14H16N4O2/c19-14(11-3-1-6-16-11)18-13(12-4-2-8-20-12)10-5-7-15-9-17-10/h2,4-5,7-9,11,13,16H,1,3,6H2,(H,18,19). The van der Waals surface area contributed by atoms with Gasteiger partial charge in [-0.25, -0.2) is 9.97 Å². The van der Waals surface area contributed by atoms with Crippen LogP contribution in [0.2, 0.25) is 0 Å². The highest BCUT2D eigenvalue weighted by Crippen LogP contribution is 2.21. The second-order valence-corrected chi connectivity index (χ2v) is 4.74. The van der Waals surface area contributed by atoms with Crippen molar-refractivity contribution >= 4 is 5.91 Å². The molecular weight excluding hydrogens is 256 g/mol. The lowest BCUT2D eigenvalue weighted by Gasteiger charge is -2.18. The van der Waals surface area contributed by atoms with Crippen molar-refractivity contribution in [1.82, 2.24) is 20.6 Å². The Morgan fingerprint density at radius 3 is 3.10 bits per heavy atom. The van der Waals surface area contributed by atoms with Crippen molar-refractivity contribution in [2.45, 2.75) is 24.9 Å². The summed E-state index contributed by atoms with van der Waals surface area (Å²) < 4.78 is 5.42. The zero-order chi connectivity index (χ0) is 13.8. The normalized spacial score (nSPS) is 19.7. The molecule has 2 aromatic rings. The summed E-state index contributed by atoms with van der Waals surface area (Å²) in [7, 11) is 0. The van der Waals surface area contributed by atoms with Gasteiger partial charge in [0.25, 0.3) is 0 Å². The third-order valence-corrected chi connectivity index (χ3v) is 3.39. The molecule has 1 aliphatic heterocycles. The van der Waals surface area contributed by atoms with Crippen LogP contribution < -0.4 is 10.6 Å². The first kappa shape index (κ1) is 12.8. The van der Waals surface area contributed by atoms with Crippen molar-refractivity contribution in [2.75, 3.05) is 6.54 Å². The van der Waals surface area contributed by atoms with Crippen molar-refractivity contribution < 1.29 is 9.21 Å². The summed E-state index contributed by atoms with van der Waals surface area (Å²) >= 11 is 0. The molecule has 0 bridgehead atoms. The smallest absolute Gasteiger partial charge is 0.238 e. The zero-order valence-corrected chi connectivity index (χ0v) is 11.0. The third kappa shape index (κ3) is 2.70. The van der Waals surface area contributed by atoms with Gasteiger partial charge in [0.2, 0.25) is 5.91 Å². The Hall–Kier alpha value is -2.21. The molecule has 2 atom stereocenters. The fourth-order valence-electron chi connectivity index (χ4n) is 2.37. The first-order valence-electron chi connectivity index (χ1n) is 6.67. The molecule has 2 N–H and O–H groups in total. The fourth-order valence-corrected chi connectivity index (χ4v) is 2.37. The van der Waals surface area contributed by atoms with Gasteiger partial charge in [-0.15, -0.1) is 0 Å². The van der Waals surface area contributed by atoms with E-state index in [1.807, 2.05) is 6.07 Å². The van der Waals surface area contributed by atoms with E-state index in [0.29, 0.717) is 11.5 Å². The Morgan fingerprint density at radius 2 is 2.45 bits per heavy atom. The molecule has 6 heteroatoms. The summed E-state index contributed by atoms with van der Waals surface area (Å²) in [6.45, 7) is 0.886. The van der Waals surface area contributed by atoms with Gasteiger partial charge in [0, 0.05) is 6.20 Å². The largest absolute Gasteiger partial charge is 0.467 e. The molecule has 0 aromatic carbocycles. The maximum Gasteiger partial charge on any atom is 0.238 e. The molecule has 20 heavy (non-hydrogen) atoms. The molecule has 1 aliphatic rings. The Morgan fingerprint density at radius 1 is 1.50 bits per heavy atom. The number of hydrogen-bond acceptors (Lipinski definition) is 5. The molecule has 2 aromatic heterocycles. The number of nitrogens with zero attached hydrogens (tertiary/aromatic N) is 2. The van der Waals surface area contributed by atoms with Crippen LogP contribution in [0.1, 0.15) is 30.3 Å². The topological polar surface area (TPSA) is 80.1 Å². The summed E-state index contributed by atoms with van der Waals surface area (Å²) in [5.41, 5.74) is 0.710. The molecule has 3 rings (SSSR count). The molecule has 0 spiro atoms. The second kappa shape index (κ2) is 5.83. The summed E-state index contributed by atoms with van der Waals surface area (Å²) in [6, 6.07) is 4.88. The van der Waals surface area contributed by atoms with E-state index in [0.717, 1.165) is 19.4 Å². The molecule has 1 amide bonds. The number of carbonyl (C=O) groups excluding carboxylic acids is 1. The number of aromatic nitrogens is 2. The van der Waals surface area contributed by atoms with Crippen LogP contribution in [0.5, 0.6) is 0 Å². The minimum absolute atomic E-state index is 0.0255. The van der Waals surface area contributed by atoms with Gasteiger partial charge in [-0.3, -0.25) is 4.79 Å². The van der Waals surface area contributed by atoms with Crippen molar-refractivity contribution in [1.29, 1.82) is 0 Å². The molecule has 2 unspecified atom stereocenters. The van der Waals surface area contributed by atoms with E-state index in [1.54, 1.807) is 24.6 Å².